The van der Waals surface area contributed by atoms with E-state index < -0.39 is 12.2 Å². The molecule has 29 heavy (non-hydrogen) atoms. The lowest BCUT2D eigenvalue weighted by molar-refractivity contribution is -0.127. The summed E-state index contributed by atoms with van der Waals surface area (Å²) in [6.07, 6.45) is 1.88. The molecule has 2 saturated heterocycles. The van der Waals surface area contributed by atoms with Crippen LogP contribution in [0.25, 0.3) is 0 Å². The van der Waals surface area contributed by atoms with Crippen molar-refractivity contribution in [1.82, 2.24) is 5.32 Å². The fraction of sp³-hybridized carbons (Fsp3) is 0.600. The number of ether oxygens (including phenoxy) is 2. The zero-order valence-electron chi connectivity index (χ0n) is 16.1. The van der Waals surface area contributed by atoms with Gasteiger partial charge in [-0.3, -0.25) is 9.69 Å². The third-order valence-corrected chi connectivity index (χ3v) is 7.15. The van der Waals surface area contributed by atoms with Gasteiger partial charge in [0.15, 0.2) is 0 Å². The van der Waals surface area contributed by atoms with Crippen molar-refractivity contribution in [3.8, 4) is 5.75 Å². The highest BCUT2D eigenvalue weighted by Crippen LogP contribution is 2.42. The second-order valence-electron chi connectivity index (χ2n) is 7.91. The molecule has 2 atom stereocenters. The Balaban J connectivity index is 1.33. The molecule has 5 rings (SSSR count). The lowest BCUT2D eigenvalue weighted by Crippen LogP contribution is -2.48. The first-order valence-electron chi connectivity index (χ1n) is 10.2. The number of rotatable bonds is 4. The van der Waals surface area contributed by atoms with Crippen LogP contribution in [0.1, 0.15) is 19.3 Å². The van der Waals surface area contributed by atoms with Crippen molar-refractivity contribution in [3.63, 3.8) is 0 Å². The Kier molecular flexibility index (Phi) is 4.93. The third-order valence-electron chi connectivity index (χ3n) is 6.21. The lowest BCUT2D eigenvalue weighted by Gasteiger charge is -2.34. The Hall–Kier alpha value is -2.16. The van der Waals surface area contributed by atoms with Gasteiger partial charge in [-0.2, -0.15) is 11.8 Å². The fourth-order valence-electron chi connectivity index (χ4n) is 4.28. The molecule has 0 spiro atoms. The van der Waals surface area contributed by atoms with Crippen LogP contribution in [0.4, 0.5) is 20.6 Å². The number of halogens is 1. The molecule has 156 valence electrons. The monoisotopic (exact) mass is 421 g/mol. The van der Waals surface area contributed by atoms with Gasteiger partial charge in [0, 0.05) is 42.6 Å². The molecule has 1 aromatic carbocycles. The van der Waals surface area contributed by atoms with Crippen LogP contribution in [0.3, 0.4) is 0 Å². The maximum Gasteiger partial charge on any atom is 0.415 e. The quantitative estimate of drug-likeness (QED) is 0.805. The summed E-state index contributed by atoms with van der Waals surface area (Å²) in [5, 5.41) is 2.89. The molecule has 3 aliphatic heterocycles. The normalized spacial score (nSPS) is 26.2. The van der Waals surface area contributed by atoms with Gasteiger partial charge in [-0.1, -0.05) is 6.42 Å². The van der Waals surface area contributed by atoms with Gasteiger partial charge >= 0.3 is 6.09 Å². The molecule has 1 aliphatic carbocycles. The van der Waals surface area contributed by atoms with Crippen LogP contribution in [0.2, 0.25) is 0 Å². The molecular weight excluding hydrogens is 397 g/mol. The molecule has 0 radical (unpaired) electrons. The zero-order valence-corrected chi connectivity index (χ0v) is 16.9. The molecule has 3 heterocycles. The first-order valence-corrected chi connectivity index (χ1v) is 11.3. The molecule has 9 heteroatoms. The summed E-state index contributed by atoms with van der Waals surface area (Å²) in [4.78, 5) is 28.1. The van der Waals surface area contributed by atoms with E-state index in [0.29, 0.717) is 17.1 Å². The molecule has 1 aromatic rings. The molecule has 0 bridgehead atoms. The highest BCUT2D eigenvalue weighted by Gasteiger charge is 2.47. The molecular formula is C20H24FN3O4S. The molecule has 0 aromatic heterocycles. The number of hydrogen-bond acceptors (Lipinski definition) is 6. The van der Waals surface area contributed by atoms with Crippen molar-refractivity contribution in [2.45, 2.75) is 31.4 Å². The van der Waals surface area contributed by atoms with Crippen molar-refractivity contribution >= 4 is 35.1 Å². The molecule has 0 unspecified atom stereocenters. The largest absolute Gasteiger partial charge is 0.489 e. The van der Waals surface area contributed by atoms with E-state index in [4.69, 9.17) is 9.47 Å². The van der Waals surface area contributed by atoms with E-state index in [1.807, 2.05) is 16.7 Å². The van der Waals surface area contributed by atoms with Crippen molar-refractivity contribution < 1.29 is 23.5 Å². The Morgan fingerprint density at radius 3 is 2.76 bits per heavy atom. The van der Waals surface area contributed by atoms with Crippen LogP contribution in [-0.2, 0) is 9.53 Å². The maximum absolute atomic E-state index is 14.9. The van der Waals surface area contributed by atoms with Gasteiger partial charge in [0.1, 0.15) is 30.3 Å². The van der Waals surface area contributed by atoms with Gasteiger partial charge in [0.05, 0.1) is 17.9 Å². The van der Waals surface area contributed by atoms with Crippen LogP contribution in [0.5, 0.6) is 5.75 Å². The number of amides is 2. The second-order valence-corrected chi connectivity index (χ2v) is 9.14. The Bertz CT molecular complexity index is 828. The van der Waals surface area contributed by atoms with E-state index in [2.05, 4.69) is 5.32 Å². The van der Waals surface area contributed by atoms with E-state index in [-0.39, 0.29) is 36.8 Å². The highest BCUT2D eigenvalue weighted by molar-refractivity contribution is 7.99. The van der Waals surface area contributed by atoms with Crippen molar-refractivity contribution in [3.05, 3.63) is 17.9 Å². The first-order chi connectivity index (χ1) is 14.1. The van der Waals surface area contributed by atoms with Crippen molar-refractivity contribution in [2.24, 2.45) is 5.92 Å². The summed E-state index contributed by atoms with van der Waals surface area (Å²) in [5.41, 5.74) is 0.908. The van der Waals surface area contributed by atoms with Crippen LogP contribution in [0, 0.1) is 11.7 Å². The molecule has 4 aliphatic rings. The number of hydrogen-bond donors (Lipinski definition) is 1. The van der Waals surface area contributed by atoms with E-state index in [1.54, 1.807) is 6.07 Å². The predicted molar refractivity (Wildman–Crippen MR) is 108 cm³/mol. The van der Waals surface area contributed by atoms with Gasteiger partial charge in [-0.15, -0.1) is 0 Å². The molecule has 1 N–H and O–H groups in total. The molecule has 2 amide bonds. The number of nitrogens with one attached hydrogen (secondary N) is 1. The number of anilines is 2. The van der Waals surface area contributed by atoms with E-state index in [9.17, 15) is 14.0 Å². The minimum atomic E-state index is -0.524. The summed E-state index contributed by atoms with van der Waals surface area (Å²) in [6, 6.07) is 2.68. The average molecular weight is 421 g/mol. The summed E-state index contributed by atoms with van der Waals surface area (Å²) in [6.45, 7) is 2.08. The molecule has 7 nitrogen and oxygen atoms in total. The second kappa shape index (κ2) is 7.59. The van der Waals surface area contributed by atoms with Crippen LogP contribution in [0.15, 0.2) is 12.1 Å². The predicted octanol–water partition coefficient (Wildman–Crippen LogP) is 2.38. The standard InChI is InChI=1S/C20H24FN3O4S/c21-13-8-15-17(9-14(13)23-4-6-29-7-5-23)27-11-16-18(28-20(26)24(15)16)10-22-19(25)12-2-1-3-12/h8-9,12,16,18H,1-7,10-11H2,(H,22,25)/t16-,18-/m0/s1. The minimum absolute atomic E-state index is 0.0123. The number of carbonyl (C=O) groups excluding carboxylic acids is 2. The maximum atomic E-state index is 14.9. The summed E-state index contributed by atoms with van der Waals surface area (Å²) in [7, 11) is 0. The van der Waals surface area contributed by atoms with E-state index in [1.165, 1.54) is 11.0 Å². The average Bonchev–Trinajstić information content (AvgIpc) is 3.01. The number of cyclic esters (lactones) is 1. The van der Waals surface area contributed by atoms with Gasteiger partial charge in [0.2, 0.25) is 5.91 Å². The van der Waals surface area contributed by atoms with E-state index >= 15 is 0 Å². The van der Waals surface area contributed by atoms with Gasteiger partial charge in [-0.05, 0) is 12.8 Å². The Labute approximate surface area is 172 Å². The third kappa shape index (κ3) is 3.39. The smallest absolute Gasteiger partial charge is 0.415 e. The Morgan fingerprint density at radius 1 is 1.24 bits per heavy atom. The van der Waals surface area contributed by atoms with Crippen LogP contribution in [-0.4, -0.2) is 61.9 Å². The van der Waals surface area contributed by atoms with Crippen LogP contribution >= 0.6 is 11.8 Å². The zero-order chi connectivity index (χ0) is 20.0. The number of thioether (sulfide) groups is 1. The summed E-state index contributed by atoms with van der Waals surface area (Å²) in [5.74, 6) is 2.14. The number of fused-ring (bicyclic) bond motifs is 3. The fourth-order valence-corrected chi connectivity index (χ4v) is 5.18. The SMILES string of the molecule is O=C(NC[C@@H]1OC(=O)N2c3cc(F)c(N4CCSCC4)cc3OC[C@@H]12)C1CCC1. The topological polar surface area (TPSA) is 71.1 Å². The highest BCUT2D eigenvalue weighted by atomic mass is 32.2. The lowest BCUT2D eigenvalue weighted by atomic mass is 9.85. The summed E-state index contributed by atoms with van der Waals surface area (Å²) < 4.78 is 26.3. The molecule has 1 saturated carbocycles. The van der Waals surface area contributed by atoms with Crippen LogP contribution < -0.4 is 19.9 Å². The Morgan fingerprint density at radius 2 is 2.03 bits per heavy atom. The number of benzene rings is 1. The first kappa shape index (κ1) is 18.8. The van der Waals surface area contributed by atoms with E-state index in [0.717, 1.165) is 43.9 Å². The summed E-state index contributed by atoms with van der Waals surface area (Å²) >= 11 is 1.86. The minimum Gasteiger partial charge on any atom is -0.489 e. The van der Waals surface area contributed by atoms with Gasteiger partial charge in [-0.25, -0.2) is 9.18 Å². The molecule has 3 fully saturated rings. The number of nitrogens with zero attached hydrogens (tertiary/aromatic N) is 2. The van der Waals surface area contributed by atoms with Crippen molar-refractivity contribution in [2.75, 3.05) is 47.5 Å². The van der Waals surface area contributed by atoms with Gasteiger partial charge < -0.3 is 19.7 Å². The van der Waals surface area contributed by atoms with Gasteiger partial charge in [0.25, 0.3) is 0 Å². The van der Waals surface area contributed by atoms with Crippen molar-refractivity contribution in [1.29, 1.82) is 0 Å². The number of carbonyl (C=O) groups is 2.